The summed E-state index contributed by atoms with van der Waals surface area (Å²) < 4.78 is 0. The minimum atomic E-state index is 0.0362. The van der Waals surface area contributed by atoms with Crippen LogP contribution >= 0.6 is 0 Å². The van der Waals surface area contributed by atoms with Gasteiger partial charge in [-0.1, -0.05) is 25.1 Å². The molecule has 2 aromatic rings. The average Bonchev–Trinajstić information content (AvgIpc) is 2.84. The van der Waals surface area contributed by atoms with Gasteiger partial charge in [-0.15, -0.1) is 0 Å². The number of hydrogen-bond donors (Lipinski definition) is 1. The zero-order chi connectivity index (χ0) is 15.0. The quantitative estimate of drug-likeness (QED) is 0.921. The first kappa shape index (κ1) is 13.9. The smallest absolute Gasteiger partial charge is 0.272 e. The molecule has 0 saturated carbocycles. The molecule has 0 aliphatic carbocycles. The second-order valence-corrected chi connectivity index (χ2v) is 5.97. The molecule has 0 bridgehead atoms. The van der Waals surface area contributed by atoms with Gasteiger partial charge >= 0.3 is 0 Å². The summed E-state index contributed by atoms with van der Waals surface area (Å²) in [6, 6.07) is 10.0. The molecule has 2 unspecified atom stereocenters. The summed E-state index contributed by atoms with van der Waals surface area (Å²) in [4.78, 5) is 19.3. The van der Waals surface area contributed by atoms with Crippen LogP contribution in [0.4, 0.5) is 5.69 Å². The summed E-state index contributed by atoms with van der Waals surface area (Å²) in [6.45, 7) is 5.13. The van der Waals surface area contributed by atoms with Gasteiger partial charge in [-0.25, -0.2) is 4.98 Å². The third-order valence-corrected chi connectivity index (χ3v) is 4.25. The molecule has 21 heavy (non-hydrogen) atoms. The lowest BCUT2D eigenvalue weighted by atomic mass is 10.1. The lowest BCUT2D eigenvalue weighted by molar-refractivity contribution is 0.0738. The Labute approximate surface area is 125 Å². The lowest BCUT2D eigenvalue weighted by Crippen LogP contribution is -2.34. The van der Waals surface area contributed by atoms with Crippen LogP contribution in [-0.2, 0) is 0 Å². The van der Waals surface area contributed by atoms with Crippen LogP contribution in [0.1, 0.15) is 30.8 Å². The van der Waals surface area contributed by atoms with E-state index in [4.69, 9.17) is 0 Å². The highest BCUT2D eigenvalue weighted by atomic mass is 16.2. The summed E-state index contributed by atoms with van der Waals surface area (Å²) in [5.41, 5.74) is 2.33. The zero-order valence-electron chi connectivity index (χ0n) is 12.8. The van der Waals surface area contributed by atoms with Crippen molar-refractivity contribution in [2.24, 2.45) is 5.92 Å². The number of carbonyl (C=O) groups excluding carboxylic acids is 1. The molecular formula is C17H21N3O. The monoisotopic (exact) mass is 283 g/mol. The molecule has 1 saturated heterocycles. The molecular weight excluding hydrogens is 262 g/mol. The van der Waals surface area contributed by atoms with E-state index in [2.05, 4.69) is 24.1 Å². The number of anilines is 1. The summed E-state index contributed by atoms with van der Waals surface area (Å²) in [7, 11) is 1.87. The third-order valence-electron chi connectivity index (χ3n) is 4.25. The number of fused-ring (bicyclic) bond motifs is 1. The van der Waals surface area contributed by atoms with Crippen molar-refractivity contribution in [1.29, 1.82) is 0 Å². The molecule has 1 aliphatic heterocycles. The van der Waals surface area contributed by atoms with Gasteiger partial charge in [0.15, 0.2) is 0 Å². The Balaban J connectivity index is 2.02. The predicted molar refractivity (Wildman–Crippen MR) is 85.6 cm³/mol. The highest BCUT2D eigenvalue weighted by molar-refractivity contribution is 5.99. The maximum Gasteiger partial charge on any atom is 0.272 e. The van der Waals surface area contributed by atoms with Gasteiger partial charge in [0.2, 0.25) is 0 Å². The molecule has 4 heteroatoms. The Hall–Kier alpha value is -2.10. The number of likely N-dealkylation sites (tertiary alicyclic amines) is 1. The number of amides is 1. The number of carbonyl (C=O) groups is 1. The largest absolute Gasteiger partial charge is 0.388 e. The fourth-order valence-electron chi connectivity index (χ4n) is 3.22. The van der Waals surface area contributed by atoms with Crippen molar-refractivity contribution in [2.75, 3.05) is 18.9 Å². The molecule has 2 heterocycles. The molecule has 110 valence electrons. The van der Waals surface area contributed by atoms with Crippen molar-refractivity contribution in [3.05, 3.63) is 36.0 Å². The van der Waals surface area contributed by atoms with Gasteiger partial charge in [-0.05, 0) is 31.4 Å². The minimum Gasteiger partial charge on any atom is -0.388 e. The van der Waals surface area contributed by atoms with Crippen molar-refractivity contribution in [2.45, 2.75) is 26.3 Å². The van der Waals surface area contributed by atoms with E-state index in [1.807, 2.05) is 42.3 Å². The number of aromatic nitrogens is 1. The van der Waals surface area contributed by atoms with E-state index in [9.17, 15) is 4.79 Å². The molecule has 1 aromatic heterocycles. The van der Waals surface area contributed by atoms with Crippen LogP contribution in [0.15, 0.2) is 30.3 Å². The normalized spacial score (nSPS) is 21.8. The molecule has 1 amide bonds. The SMILES string of the molecule is CNc1cc(C(=O)N2CC(C)CC2C)nc2ccccc12. The van der Waals surface area contributed by atoms with E-state index in [1.165, 1.54) is 0 Å². The second-order valence-electron chi connectivity index (χ2n) is 5.97. The maximum atomic E-state index is 12.8. The maximum absolute atomic E-state index is 12.8. The van der Waals surface area contributed by atoms with Gasteiger partial charge in [-0.3, -0.25) is 4.79 Å². The topological polar surface area (TPSA) is 45.2 Å². The standard InChI is InChI=1S/C17H21N3O/c1-11-8-12(2)20(10-11)17(21)16-9-15(18-3)13-6-4-5-7-14(13)19-16/h4-7,9,11-12H,8,10H2,1-3H3,(H,18,19). The molecule has 1 aromatic carbocycles. The van der Waals surface area contributed by atoms with Crippen molar-refractivity contribution >= 4 is 22.5 Å². The van der Waals surface area contributed by atoms with Crippen molar-refractivity contribution in [3.8, 4) is 0 Å². The van der Waals surface area contributed by atoms with Crippen molar-refractivity contribution in [1.82, 2.24) is 9.88 Å². The van der Waals surface area contributed by atoms with Crippen LogP contribution in [0.2, 0.25) is 0 Å². The molecule has 3 rings (SSSR count). The lowest BCUT2D eigenvalue weighted by Gasteiger charge is -2.21. The number of pyridine rings is 1. The first-order valence-electron chi connectivity index (χ1n) is 7.48. The van der Waals surface area contributed by atoms with Gasteiger partial charge in [0.1, 0.15) is 5.69 Å². The number of rotatable bonds is 2. The van der Waals surface area contributed by atoms with Crippen molar-refractivity contribution < 1.29 is 4.79 Å². The second kappa shape index (κ2) is 5.35. The van der Waals surface area contributed by atoms with Gasteiger partial charge in [0, 0.05) is 30.7 Å². The van der Waals surface area contributed by atoms with Crippen LogP contribution in [0.25, 0.3) is 10.9 Å². The Morgan fingerprint density at radius 3 is 2.76 bits per heavy atom. The molecule has 0 radical (unpaired) electrons. The highest BCUT2D eigenvalue weighted by Crippen LogP contribution is 2.27. The molecule has 1 aliphatic rings. The first-order valence-corrected chi connectivity index (χ1v) is 7.48. The molecule has 1 N–H and O–H groups in total. The van der Waals surface area contributed by atoms with E-state index in [-0.39, 0.29) is 5.91 Å². The fourth-order valence-corrected chi connectivity index (χ4v) is 3.22. The molecule has 0 spiro atoms. The van der Waals surface area contributed by atoms with Gasteiger partial charge in [0.25, 0.3) is 5.91 Å². The minimum absolute atomic E-state index is 0.0362. The summed E-state index contributed by atoms with van der Waals surface area (Å²) in [5, 5.41) is 4.21. The molecule has 2 atom stereocenters. The molecule has 4 nitrogen and oxygen atoms in total. The predicted octanol–water partition coefficient (Wildman–Crippen LogP) is 3.15. The number of nitrogens with zero attached hydrogens (tertiary/aromatic N) is 2. The number of nitrogens with one attached hydrogen (secondary N) is 1. The van der Waals surface area contributed by atoms with E-state index >= 15 is 0 Å². The summed E-state index contributed by atoms with van der Waals surface area (Å²) in [5.74, 6) is 0.599. The fraction of sp³-hybridized carbons (Fsp3) is 0.412. The van der Waals surface area contributed by atoms with Crippen LogP contribution in [0.5, 0.6) is 0 Å². The van der Waals surface area contributed by atoms with Crippen LogP contribution in [0.3, 0.4) is 0 Å². The summed E-state index contributed by atoms with van der Waals surface area (Å²) >= 11 is 0. The summed E-state index contributed by atoms with van der Waals surface area (Å²) in [6.07, 6.45) is 1.07. The van der Waals surface area contributed by atoms with Crippen LogP contribution < -0.4 is 5.32 Å². The van der Waals surface area contributed by atoms with E-state index < -0.39 is 0 Å². The molecule has 1 fully saturated rings. The number of para-hydroxylation sites is 1. The zero-order valence-corrected chi connectivity index (χ0v) is 12.8. The Kier molecular flexibility index (Phi) is 3.53. The number of benzene rings is 1. The average molecular weight is 283 g/mol. The number of hydrogen-bond acceptors (Lipinski definition) is 3. The highest BCUT2D eigenvalue weighted by Gasteiger charge is 2.31. The third kappa shape index (κ3) is 2.46. The van der Waals surface area contributed by atoms with Crippen LogP contribution in [0, 0.1) is 5.92 Å². The Bertz CT molecular complexity index is 683. The van der Waals surface area contributed by atoms with Gasteiger partial charge in [-0.2, -0.15) is 0 Å². The van der Waals surface area contributed by atoms with Crippen LogP contribution in [-0.4, -0.2) is 35.4 Å². The van der Waals surface area contributed by atoms with E-state index in [1.54, 1.807) is 0 Å². The Morgan fingerprint density at radius 1 is 1.33 bits per heavy atom. The van der Waals surface area contributed by atoms with E-state index in [0.717, 1.165) is 29.6 Å². The van der Waals surface area contributed by atoms with Gasteiger partial charge in [0.05, 0.1) is 5.52 Å². The van der Waals surface area contributed by atoms with Gasteiger partial charge < -0.3 is 10.2 Å². The first-order chi connectivity index (χ1) is 10.1. The Morgan fingerprint density at radius 2 is 2.10 bits per heavy atom. The van der Waals surface area contributed by atoms with E-state index in [0.29, 0.717) is 17.7 Å². The van der Waals surface area contributed by atoms with Crippen molar-refractivity contribution in [3.63, 3.8) is 0 Å².